The first-order valence-corrected chi connectivity index (χ1v) is 7.55. The van der Waals surface area contributed by atoms with Gasteiger partial charge in [0, 0.05) is 36.9 Å². The standard InChI is InChI=1S/C16H21N3/c1-2-4-14(3-1)19-10-12(11-19)9-15-16-13(5-7-17-15)6-8-18-16/h5-8,12,14,18H,1-4,9-11H2. The van der Waals surface area contributed by atoms with E-state index in [9.17, 15) is 0 Å². The van der Waals surface area contributed by atoms with Crippen molar-refractivity contribution >= 4 is 10.9 Å². The Morgan fingerprint density at radius 1 is 1.21 bits per heavy atom. The van der Waals surface area contributed by atoms with Gasteiger partial charge >= 0.3 is 0 Å². The first kappa shape index (κ1) is 11.5. The van der Waals surface area contributed by atoms with E-state index in [1.165, 1.54) is 55.4 Å². The van der Waals surface area contributed by atoms with Crippen molar-refractivity contribution in [2.45, 2.75) is 38.1 Å². The van der Waals surface area contributed by atoms with Crippen LogP contribution in [0.25, 0.3) is 10.9 Å². The molecular formula is C16H21N3. The lowest BCUT2D eigenvalue weighted by molar-refractivity contribution is 0.0551. The SMILES string of the molecule is c1cc2cc[nH]c2c(CC2CN(C3CCCC3)C2)n1. The minimum Gasteiger partial charge on any atom is -0.360 e. The lowest BCUT2D eigenvalue weighted by atomic mass is 9.91. The van der Waals surface area contributed by atoms with Gasteiger partial charge in [0.1, 0.15) is 0 Å². The van der Waals surface area contributed by atoms with Crippen LogP contribution in [0.5, 0.6) is 0 Å². The third-order valence-corrected chi connectivity index (χ3v) is 4.86. The molecule has 0 unspecified atom stereocenters. The molecule has 4 rings (SSSR count). The van der Waals surface area contributed by atoms with Gasteiger partial charge in [-0.3, -0.25) is 9.88 Å². The predicted octanol–water partition coefficient (Wildman–Crippen LogP) is 2.98. The molecule has 3 nitrogen and oxygen atoms in total. The van der Waals surface area contributed by atoms with Gasteiger partial charge in [-0.25, -0.2) is 0 Å². The van der Waals surface area contributed by atoms with Crippen molar-refractivity contribution in [1.82, 2.24) is 14.9 Å². The molecule has 0 atom stereocenters. The minimum atomic E-state index is 0.807. The predicted molar refractivity (Wildman–Crippen MR) is 77.1 cm³/mol. The molecule has 0 amide bonds. The fourth-order valence-electron chi connectivity index (χ4n) is 3.78. The maximum Gasteiger partial charge on any atom is 0.0673 e. The van der Waals surface area contributed by atoms with Gasteiger partial charge in [-0.15, -0.1) is 0 Å². The largest absolute Gasteiger partial charge is 0.360 e. The molecule has 1 saturated carbocycles. The smallest absolute Gasteiger partial charge is 0.0673 e. The van der Waals surface area contributed by atoms with Gasteiger partial charge in [0.05, 0.1) is 11.2 Å². The summed E-state index contributed by atoms with van der Waals surface area (Å²) in [6, 6.07) is 5.11. The van der Waals surface area contributed by atoms with Crippen molar-refractivity contribution in [3.63, 3.8) is 0 Å². The number of rotatable bonds is 3. The summed E-state index contributed by atoms with van der Waals surface area (Å²) in [6.45, 7) is 2.56. The van der Waals surface area contributed by atoms with Gasteiger partial charge < -0.3 is 4.98 Å². The number of aromatic nitrogens is 2. The van der Waals surface area contributed by atoms with E-state index in [1.54, 1.807) is 0 Å². The molecule has 19 heavy (non-hydrogen) atoms. The maximum absolute atomic E-state index is 4.57. The van der Waals surface area contributed by atoms with Gasteiger partial charge in [-0.2, -0.15) is 0 Å². The summed E-state index contributed by atoms with van der Waals surface area (Å²) in [5.41, 5.74) is 2.49. The molecule has 0 radical (unpaired) electrons. The number of hydrogen-bond donors (Lipinski definition) is 1. The summed E-state index contributed by atoms with van der Waals surface area (Å²) in [5.74, 6) is 0.807. The van der Waals surface area contributed by atoms with E-state index < -0.39 is 0 Å². The van der Waals surface area contributed by atoms with Crippen LogP contribution in [0.2, 0.25) is 0 Å². The van der Waals surface area contributed by atoms with Crippen LogP contribution in [0.15, 0.2) is 24.5 Å². The highest BCUT2D eigenvalue weighted by Gasteiger charge is 2.33. The van der Waals surface area contributed by atoms with E-state index in [-0.39, 0.29) is 0 Å². The van der Waals surface area contributed by atoms with Crippen LogP contribution in [0, 0.1) is 5.92 Å². The van der Waals surface area contributed by atoms with Gasteiger partial charge in [0.15, 0.2) is 0 Å². The van der Waals surface area contributed by atoms with Crippen LogP contribution in [-0.4, -0.2) is 34.0 Å². The normalized spacial score (nSPS) is 22.1. The monoisotopic (exact) mass is 255 g/mol. The average molecular weight is 255 g/mol. The van der Waals surface area contributed by atoms with Crippen LogP contribution in [-0.2, 0) is 6.42 Å². The number of nitrogens with one attached hydrogen (secondary N) is 1. The van der Waals surface area contributed by atoms with Crippen LogP contribution >= 0.6 is 0 Å². The molecule has 0 aromatic carbocycles. The Labute approximate surface area is 114 Å². The zero-order valence-corrected chi connectivity index (χ0v) is 11.3. The van der Waals surface area contributed by atoms with Crippen molar-refractivity contribution in [1.29, 1.82) is 0 Å². The maximum atomic E-state index is 4.57. The highest BCUT2D eigenvalue weighted by atomic mass is 15.2. The zero-order valence-electron chi connectivity index (χ0n) is 11.3. The molecule has 0 bridgehead atoms. The van der Waals surface area contributed by atoms with E-state index in [0.29, 0.717) is 0 Å². The molecule has 2 aliphatic rings. The number of fused-ring (bicyclic) bond motifs is 1. The second kappa shape index (κ2) is 4.64. The first-order chi connectivity index (χ1) is 9.40. The topological polar surface area (TPSA) is 31.9 Å². The number of likely N-dealkylation sites (tertiary alicyclic amines) is 1. The molecule has 0 spiro atoms. The summed E-state index contributed by atoms with van der Waals surface area (Å²) in [7, 11) is 0. The van der Waals surface area contributed by atoms with E-state index in [2.05, 4.69) is 27.0 Å². The van der Waals surface area contributed by atoms with Crippen LogP contribution in [0.1, 0.15) is 31.4 Å². The van der Waals surface area contributed by atoms with Crippen molar-refractivity contribution in [3.8, 4) is 0 Å². The number of aromatic amines is 1. The number of nitrogens with zero attached hydrogens (tertiary/aromatic N) is 2. The Bertz CT molecular complexity index is 562. The summed E-state index contributed by atoms with van der Waals surface area (Å²) >= 11 is 0. The lowest BCUT2D eigenvalue weighted by Gasteiger charge is -2.43. The van der Waals surface area contributed by atoms with Gasteiger partial charge in [0.2, 0.25) is 0 Å². The Kier molecular flexibility index (Phi) is 2.80. The molecule has 1 N–H and O–H groups in total. The van der Waals surface area contributed by atoms with E-state index in [4.69, 9.17) is 0 Å². The van der Waals surface area contributed by atoms with E-state index in [0.717, 1.165) is 18.4 Å². The van der Waals surface area contributed by atoms with Crippen molar-refractivity contribution < 1.29 is 0 Å². The molecule has 3 heterocycles. The molecule has 3 heteroatoms. The van der Waals surface area contributed by atoms with Gasteiger partial charge in [-0.1, -0.05) is 12.8 Å². The Morgan fingerprint density at radius 3 is 2.89 bits per heavy atom. The number of pyridine rings is 1. The van der Waals surface area contributed by atoms with Crippen molar-refractivity contribution in [2.75, 3.05) is 13.1 Å². The van der Waals surface area contributed by atoms with Gasteiger partial charge in [-0.05, 0) is 37.3 Å². The quantitative estimate of drug-likeness (QED) is 0.914. The van der Waals surface area contributed by atoms with Crippen molar-refractivity contribution in [3.05, 3.63) is 30.2 Å². The lowest BCUT2D eigenvalue weighted by Crippen LogP contribution is -2.52. The molecule has 1 aliphatic carbocycles. The molecule has 2 aromatic heterocycles. The Balaban J connectivity index is 1.42. The fourth-order valence-corrected chi connectivity index (χ4v) is 3.78. The second-order valence-corrected chi connectivity index (χ2v) is 6.16. The van der Waals surface area contributed by atoms with Crippen LogP contribution in [0.4, 0.5) is 0 Å². The molecule has 100 valence electrons. The van der Waals surface area contributed by atoms with Crippen LogP contribution < -0.4 is 0 Å². The highest BCUT2D eigenvalue weighted by Crippen LogP contribution is 2.31. The molecular weight excluding hydrogens is 234 g/mol. The molecule has 2 aromatic rings. The second-order valence-electron chi connectivity index (χ2n) is 6.16. The molecule has 1 saturated heterocycles. The Hall–Kier alpha value is -1.35. The summed E-state index contributed by atoms with van der Waals surface area (Å²) in [4.78, 5) is 10.6. The highest BCUT2D eigenvalue weighted by molar-refractivity contribution is 5.81. The van der Waals surface area contributed by atoms with E-state index in [1.807, 2.05) is 12.4 Å². The fraction of sp³-hybridized carbons (Fsp3) is 0.562. The number of hydrogen-bond acceptors (Lipinski definition) is 2. The first-order valence-electron chi connectivity index (χ1n) is 7.55. The third kappa shape index (κ3) is 2.06. The summed E-state index contributed by atoms with van der Waals surface area (Å²) in [5, 5.41) is 1.29. The zero-order chi connectivity index (χ0) is 12.7. The third-order valence-electron chi connectivity index (χ3n) is 4.86. The van der Waals surface area contributed by atoms with Crippen LogP contribution in [0.3, 0.4) is 0 Å². The summed E-state index contributed by atoms with van der Waals surface area (Å²) < 4.78 is 0. The summed E-state index contributed by atoms with van der Waals surface area (Å²) in [6.07, 6.45) is 10.8. The number of H-pyrrole nitrogens is 1. The van der Waals surface area contributed by atoms with E-state index >= 15 is 0 Å². The average Bonchev–Trinajstić information content (AvgIpc) is 3.03. The van der Waals surface area contributed by atoms with Crippen molar-refractivity contribution in [2.24, 2.45) is 5.92 Å². The molecule has 2 fully saturated rings. The van der Waals surface area contributed by atoms with Gasteiger partial charge in [0.25, 0.3) is 0 Å². The minimum absolute atomic E-state index is 0.807. The molecule has 1 aliphatic heterocycles. The Morgan fingerprint density at radius 2 is 2.05 bits per heavy atom.